The highest BCUT2D eigenvalue weighted by Gasteiger charge is 2.41. The van der Waals surface area contributed by atoms with Crippen molar-refractivity contribution >= 4 is 0 Å². The van der Waals surface area contributed by atoms with Crippen molar-refractivity contribution in [2.24, 2.45) is 5.92 Å². The van der Waals surface area contributed by atoms with Crippen molar-refractivity contribution in [2.75, 3.05) is 13.2 Å². The van der Waals surface area contributed by atoms with Crippen LogP contribution in [-0.4, -0.2) is 13.2 Å². The normalized spacial score (nSPS) is 18.4. The number of rotatable bonds is 6. The fraction of sp³-hybridized carbons (Fsp3) is 0.200. The van der Waals surface area contributed by atoms with E-state index in [2.05, 4.69) is 11.3 Å². The Balaban J connectivity index is 1.53. The summed E-state index contributed by atoms with van der Waals surface area (Å²) in [6.45, 7) is 3.96. The predicted octanol–water partition coefficient (Wildman–Crippen LogP) is 7.03. The van der Waals surface area contributed by atoms with Crippen LogP contribution in [0, 0.1) is 35.0 Å². The van der Waals surface area contributed by atoms with E-state index in [1.807, 2.05) is 0 Å². The maximum Gasteiger partial charge on any atom is 0.432 e. The summed E-state index contributed by atoms with van der Waals surface area (Å²) in [7, 11) is 0. The molecule has 4 rings (SSSR count). The maximum absolute atomic E-state index is 14.7. The lowest BCUT2D eigenvalue weighted by Gasteiger charge is -2.28. The summed E-state index contributed by atoms with van der Waals surface area (Å²) >= 11 is 0. The molecule has 0 bridgehead atoms. The third-order valence-corrected chi connectivity index (χ3v) is 5.30. The minimum atomic E-state index is -4.41. The molecule has 0 amide bonds. The highest BCUT2D eigenvalue weighted by molar-refractivity contribution is 5.64. The van der Waals surface area contributed by atoms with Crippen molar-refractivity contribution in [1.82, 2.24) is 0 Å². The number of hydrogen-bond donors (Lipinski definition) is 0. The number of halogens is 7. The van der Waals surface area contributed by atoms with E-state index in [1.165, 1.54) is 12.1 Å². The van der Waals surface area contributed by atoms with Gasteiger partial charge in [0.15, 0.2) is 23.7 Å². The van der Waals surface area contributed by atoms with Gasteiger partial charge in [-0.2, -0.15) is 8.78 Å². The van der Waals surface area contributed by atoms with E-state index in [0.717, 1.165) is 24.3 Å². The van der Waals surface area contributed by atoms with E-state index in [4.69, 9.17) is 9.47 Å². The zero-order chi connectivity index (χ0) is 25.3. The molecule has 184 valence electrons. The van der Waals surface area contributed by atoms with E-state index in [-0.39, 0.29) is 35.8 Å². The summed E-state index contributed by atoms with van der Waals surface area (Å²) in [4.78, 5) is 0. The zero-order valence-corrected chi connectivity index (χ0v) is 17.8. The molecule has 3 aromatic rings. The molecule has 0 spiro atoms. The number of hydrogen-bond acceptors (Lipinski definition) is 3. The van der Waals surface area contributed by atoms with Crippen molar-refractivity contribution in [2.45, 2.75) is 12.4 Å². The molecule has 3 aromatic carbocycles. The molecule has 10 heteroatoms. The van der Waals surface area contributed by atoms with Gasteiger partial charge in [-0.15, -0.1) is 6.58 Å². The van der Waals surface area contributed by atoms with Crippen LogP contribution in [0.4, 0.5) is 30.7 Å². The lowest BCUT2D eigenvalue weighted by atomic mass is 10.0. The SMILES string of the molecule is C=CC1COC(c2cc(F)c(C(F)(F)Oc3ccc(-c4cc(F)c(F)c(F)c4)cc3)c(F)c2)OC1. The fourth-order valence-electron chi connectivity index (χ4n) is 3.49. The average molecular weight is 498 g/mol. The first-order chi connectivity index (χ1) is 16.6. The summed E-state index contributed by atoms with van der Waals surface area (Å²) in [6.07, 6.45) is -3.95. The van der Waals surface area contributed by atoms with Crippen molar-refractivity contribution in [1.29, 1.82) is 0 Å². The monoisotopic (exact) mass is 498 g/mol. The first-order valence-electron chi connectivity index (χ1n) is 10.3. The summed E-state index contributed by atoms with van der Waals surface area (Å²) < 4.78 is 114. The van der Waals surface area contributed by atoms with Crippen molar-refractivity contribution in [3.8, 4) is 16.9 Å². The van der Waals surface area contributed by atoms with Crippen molar-refractivity contribution in [3.05, 3.63) is 101 Å². The van der Waals surface area contributed by atoms with Gasteiger partial charge in [-0.3, -0.25) is 0 Å². The van der Waals surface area contributed by atoms with E-state index in [1.54, 1.807) is 6.08 Å². The van der Waals surface area contributed by atoms with E-state index in [0.29, 0.717) is 12.1 Å². The number of alkyl halides is 2. The second-order valence-electron chi connectivity index (χ2n) is 7.75. The quantitative estimate of drug-likeness (QED) is 0.208. The lowest BCUT2D eigenvalue weighted by molar-refractivity contribution is -0.198. The molecule has 1 saturated heterocycles. The Morgan fingerprint density at radius 1 is 0.800 bits per heavy atom. The van der Waals surface area contributed by atoms with Gasteiger partial charge in [-0.05, 0) is 47.5 Å². The first-order valence-corrected chi connectivity index (χ1v) is 10.3. The van der Waals surface area contributed by atoms with Gasteiger partial charge in [0.25, 0.3) is 0 Å². The van der Waals surface area contributed by atoms with Gasteiger partial charge in [0.2, 0.25) is 0 Å². The van der Waals surface area contributed by atoms with Crippen molar-refractivity contribution < 1.29 is 44.9 Å². The highest BCUT2D eigenvalue weighted by Crippen LogP contribution is 2.38. The third-order valence-electron chi connectivity index (χ3n) is 5.30. The van der Waals surface area contributed by atoms with Crippen LogP contribution in [0.5, 0.6) is 5.75 Å². The molecule has 35 heavy (non-hydrogen) atoms. The molecule has 0 aromatic heterocycles. The van der Waals surface area contributed by atoms with E-state index in [9.17, 15) is 30.7 Å². The van der Waals surface area contributed by atoms with Crippen LogP contribution in [-0.2, 0) is 15.6 Å². The molecule has 0 saturated carbocycles. The minimum absolute atomic E-state index is 0.0565. The maximum atomic E-state index is 14.7. The van der Waals surface area contributed by atoms with Crippen LogP contribution in [0.25, 0.3) is 11.1 Å². The van der Waals surface area contributed by atoms with Gasteiger partial charge >= 0.3 is 6.11 Å². The predicted molar refractivity (Wildman–Crippen MR) is 111 cm³/mol. The molecule has 0 aliphatic carbocycles. The van der Waals surface area contributed by atoms with Crippen LogP contribution in [0.1, 0.15) is 17.4 Å². The highest BCUT2D eigenvalue weighted by atomic mass is 19.3. The lowest BCUT2D eigenvalue weighted by Crippen LogP contribution is -2.27. The van der Waals surface area contributed by atoms with Crippen LogP contribution in [0.3, 0.4) is 0 Å². The first kappa shape index (κ1) is 24.7. The molecule has 0 radical (unpaired) electrons. The van der Waals surface area contributed by atoms with Gasteiger partial charge in [-0.1, -0.05) is 18.2 Å². The second-order valence-corrected chi connectivity index (χ2v) is 7.75. The molecule has 3 nitrogen and oxygen atoms in total. The van der Waals surface area contributed by atoms with Gasteiger partial charge < -0.3 is 14.2 Å². The summed E-state index contributed by atoms with van der Waals surface area (Å²) in [6, 6.07) is 7.16. The molecule has 1 aliphatic rings. The van der Waals surface area contributed by atoms with Crippen LogP contribution in [0.2, 0.25) is 0 Å². The van der Waals surface area contributed by atoms with Gasteiger partial charge in [0, 0.05) is 11.5 Å². The van der Waals surface area contributed by atoms with Gasteiger partial charge in [0.05, 0.1) is 13.2 Å². The molecule has 1 aliphatic heterocycles. The molecule has 1 heterocycles. The summed E-state index contributed by atoms with van der Waals surface area (Å²) in [5, 5.41) is 0. The fourth-order valence-corrected chi connectivity index (χ4v) is 3.49. The Bertz CT molecular complexity index is 1190. The standard InChI is InChI=1S/C25H17F7O3/c1-2-13-11-33-24(34-12-13)16-9-18(26)22(19(27)10-16)25(31,32)35-17-5-3-14(4-6-17)15-7-20(28)23(30)21(29)8-15/h2-10,13,24H,1,11-12H2. The third kappa shape index (κ3) is 5.18. The zero-order valence-electron chi connectivity index (χ0n) is 17.8. The summed E-state index contributed by atoms with van der Waals surface area (Å²) in [5.74, 6) is -8.24. The van der Waals surface area contributed by atoms with E-state index < -0.39 is 52.8 Å². The Morgan fingerprint density at radius 3 is 1.86 bits per heavy atom. The topological polar surface area (TPSA) is 27.7 Å². The number of ether oxygens (including phenoxy) is 3. The van der Waals surface area contributed by atoms with Gasteiger partial charge in [0.1, 0.15) is 22.9 Å². The Hall–Kier alpha value is -3.37. The van der Waals surface area contributed by atoms with Crippen LogP contribution in [0.15, 0.2) is 61.2 Å². The Kier molecular flexibility index (Phi) is 6.86. The Morgan fingerprint density at radius 2 is 1.34 bits per heavy atom. The van der Waals surface area contributed by atoms with E-state index >= 15 is 0 Å². The molecule has 0 unspecified atom stereocenters. The molecular formula is C25H17F7O3. The Labute approximate surface area is 195 Å². The smallest absolute Gasteiger partial charge is 0.429 e. The molecule has 1 fully saturated rings. The van der Waals surface area contributed by atoms with Gasteiger partial charge in [-0.25, -0.2) is 22.0 Å². The second kappa shape index (κ2) is 9.71. The van der Waals surface area contributed by atoms with Crippen LogP contribution < -0.4 is 4.74 Å². The average Bonchev–Trinajstić information content (AvgIpc) is 2.82. The minimum Gasteiger partial charge on any atom is -0.429 e. The van der Waals surface area contributed by atoms with Crippen molar-refractivity contribution in [3.63, 3.8) is 0 Å². The summed E-state index contributed by atoms with van der Waals surface area (Å²) in [5.41, 5.74) is -1.64. The molecule has 0 N–H and O–H groups in total. The largest absolute Gasteiger partial charge is 0.432 e. The molecular weight excluding hydrogens is 481 g/mol. The molecule has 0 atom stereocenters. The number of benzene rings is 3. The van der Waals surface area contributed by atoms with Crippen LogP contribution >= 0.6 is 0 Å².